The third-order valence-electron chi connectivity index (χ3n) is 5.24. The molecule has 26 heavy (non-hydrogen) atoms. The highest BCUT2D eigenvalue weighted by atomic mass is 35.5. The smallest absolute Gasteiger partial charge is 0.220 e. The number of para-hydroxylation sites is 1. The van der Waals surface area contributed by atoms with E-state index in [1.165, 1.54) is 12.8 Å². The zero-order chi connectivity index (χ0) is 17.5. The Balaban J connectivity index is 0.00000312. The van der Waals surface area contributed by atoms with Crippen LogP contribution < -0.4 is 11.1 Å². The van der Waals surface area contributed by atoms with E-state index in [1.54, 1.807) is 0 Å². The molecular formula is C20H35Cl2N3O. The predicted octanol–water partition coefficient (Wildman–Crippen LogP) is 3.92. The first-order chi connectivity index (χ1) is 11.5. The Labute approximate surface area is 171 Å². The Morgan fingerprint density at radius 1 is 1.23 bits per heavy atom. The Kier molecular flexibility index (Phi) is 12.0. The third-order valence-corrected chi connectivity index (χ3v) is 5.24. The van der Waals surface area contributed by atoms with Gasteiger partial charge in [-0.25, -0.2) is 0 Å². The molecule has 4 nitrogen and oxygen atoms in total. The highest BCUT2D eigenvalue weighted by molar-refractivity contribution is 5.85. The Hall–Kier alpha value is -0.970. The lowest BCUT2D eigenvalue weighted by Crippen LogP contribution is -2.49. The largest absolute Gasteiger partial charge is 0.399 e. The minimum atomic E-state index is 0. The number of piperidine rings is 1. The molecule has 0 bridgehead atoms. The van der Waals surface area contributed by atoms with Crippen molar-refractivity contribution < 1.29 is 4.79 Å². The van der Waals surface area contributed by atoms with Gasteiger partial charge in [-0.2, -0.15) is 0 Å². The molecule has 0 radical (unpaired) electrons. The molecule has 1 aromatic rings. The fourth-order valence-corrected chi connectivity index (χ4v) is 3.46. The number of carbonyl (C=O) groups is 1. The standard InChI is InChI=1S/C20H33N3O.2ClH/c1-15(2)19(23-12-10-16(3)11-13-23)14-22-20(24)9-8-17-6-4-5-7-18(17)21;;/h4-7,15-16,19H,8-14,21H2,1-3H3,(H,22,24);2*1H. The number of amides is 1. The lowest BCUT2D eigenvalue weighted by molar-refractivity contribution is -0.121. The lowest BCUT2D eigenvalue weighted by atomic mass is 9.94. The number of rotatable bonds is 7. The minimum absolute atomic E-state index is 0. The molecule has 0 spiro atoms. The van der Waals surface area contributed by atoms with Gasteiger partial charge in [0.05, 0.1) is 0 Å². The van der Waals surface area contributed by atoms with Crippen LogP contribution in [-0.2, 0) is 11.2 Å². The molecule has 1 atom stereocenters. The van der Waals surface area contributed by atoms with E-state index in [1.807, 2.05) is 24.3 Å². The van der Waals surface area contributed by atoms with E-state index >= 15 is 0 Å². The second kappa shape index (κ2) is 12.4. The van der Waals surface area contributed by atoms with Crippen LogP contribution >= 0.6 is 24.8 Å². The van der Waals surface area contributed by atoms with Gasteiger partial charge in [-0.3, -0.25) is 9.69 Å². The summed E-state index contributed by atoms with van der Waals surface area (Å²) in [5, 5.41) is 3.14. The molecule has 1 heterocycles. The summed E-state index contributed by atoms with van der Waals surface area (Å²) in [6.07, 6.45) is 3.73. The molecule has 1 aromatic carbocycles. The summed E-state index contributed by atoms with van der Waals surface area (Å²) in [7, 11) is 0. The van der Waals surface area contributed by atoms with Crippen molar-refractivity contribution >= 4 is 36.4 Å². The van der Waals surface area contributed by atoms with Gasteiger partial charge in [0, 0.05) is 24.7 Å². The normalized spacial score (nSPS) is 16.5. The van der Waals surface area contributed by atoms with Gasteiger partial charge < -0.3 is 11.1 Å². The van der Waals surface area contributed by atoms with Crippen LogP contribution in [0.4, 0.5) is 5.69 Å². The maximum atomic E-state index is 12.2. The van der Waals surface area contributed by atoms with Crippen LogP contribution in [0.15, 0.2) is 24.3 Å². The van der Waals surface area contributed by atoms with Crippen LogP contribution in [0.25, 0.3) is 0 Å². The quantitative estimate of drug-likeness (QED) is 0.678. The number of nitrogens with two attached hydrogens (primary N) is 1. The average molecular weight is 404 g/mol. The number of hydrogen-bond acceptors (Lipinski definition) is 3. The molecule has 1 aliphatic heterocycles. The number of hydrogen-bond donors (Lipinski definition) is 2. The molecule has 3 N–H and O–H groups in total. The van der Waals surface area contributed by atoms with Gasteiger partial charge in [0.15, 0.2) is 0 Å². The van der Waals surface area contributed by atoms with Gasteiger partial charge in [-0.15, -0.1) is 24.8 Å². The summed E-state index contributed by atoms with van der Waals surface area (Å²) in [5.74, 6) is 1.50. The summed E-state index contributed by atoms with van der Waals surface area (Å²) in [6.45, 7) is 9.88. The first kappa shape index (κ1) is 25.0. The fraction of sp³-hybridized carbons (Fsp3) is 0.650. The van der Waals surface area contributed by atoms with E-state index in [2.05, 4.69) is 31.0 Å². The van der Waals surface area contributed by atoms with Crippen molar-refractivity contribution in [2.24, 2.45) is 11.8 Å². The van der Waals surface area contributed by atoms with Gasteiger partial charge in [0.25, 0.3) is 0 Å². The van der Waals surface area contributed by atoms with E-state index in [0.717, 1.165) is 36.8 Å². The molecule has 1 saturated heterocycles. The second-order valence-electron chi connectivity index (χ2n) is 7.53. The molecule has 150 valence electrons. The number of nitrogens with zero attached hydrogens (tertiary/aromatic N) is 1. The van der Waals surface area contributed by atoms with Crippen molar-refractivity contribution in [1.82, 2.24) is 10.2 Å². The van der Waals surface area contributed by atoms with E-state index in [-0.39, 0.29) is 30.7 Å². The minimum Gasteiger partial charge on any atom is -0.399 e. The van der Waals surface area contributed by atoms with Crippen LogP contribution in [-0.4, -0.2) is 36.5 Å². The molecule has 1 amide bonds. The van der Waals surface area contributed by atoms with Gasteiger partial charge in [0.2, 0.25) is 5.91 Å². The van der Waals surface area contributed by atoms with Crippen LogP contribution in [0.5, 0.6) is 0 Å². The van der Waals surface area contributed by atoms with Gasteiger partial charge >= 0.3 is 0 Å². The van der Waals surface area contributed by atoms with E-state index in [9.17, 15) is 4.79 Å². The van der Waals surface area contributed by atoms with Crippen LogP contribution in [0, 0.1) is 11.8 Å². The Bertz CT molecular complexity index is 532. The summed E-state index contributed by atoms with van der Waals surface area (Å²) < 4.78 is 0. The molecule has 1 fully saturated rings. The van der Waals surface area contributed by atoms with Crippen molar-refractivity contribution in [2.45, 2.75) is 52.5 Å². The van der Waals surface area contributed by atoms with Crippen molar-refractivity contribution in [2.75, 3.05) is 25.4 Å². The number of anilines is 1. The van der Waals surface area contributed by atoms with E-state index < -0.39 is 0 Å². The topological polar surface area (TPSA) is 58.4 Å². The molecule has 0 saturated carbocycles. The number of benzene rings is 1. The molecule has 1 unspecified atom stereocenters. The molecule has 0 aliphatic carbocycles. The second-order valence-corrected chi connectivity index (χ2v) is 7.53. The van der Waals surface area contributed by atoms with Crippen molar-refractivity contribution in [3.05, 3.63) is 29.8 Å². The molecule has 2 rings (SSSR count). The zero-order valence-corrected chi connectivity index (χ0v) is 17.9. The third kappa shape index (κ3) is 7.73. The first-order valence-electron chi connectivity index (χ1n) is 9.31. The molecule has 0 aromatic heterocycles. The summed E-state index contributed by atoms with van der Waals surface area (Å²) >= 11 is 0. The van der Waals surface area contributed by atoms with Crippen LogP contribution in [0.3, 0.4) is 0 Å². The van der Waals surface area contributed by atoms with Crippen LogP contribution in [0.1, 0.15) is 45.6 Å². The average Bonchev–Trinajstić information content (AvgIpc) is 2.55. The highest BCUT2D eigenvalue weighted by Gasteiger charge is 2.25. The Morgan fingerprint density at radius 2 is 1.85 bits per heavy atom. The monoisotopic (exact) mass is 403 g/mol. The SMILES string of the molecule is CC1CCN(C(CNC(=O)CCc2ccccc2N)C(C)C)CC1.Cl.Cl. The Morgan fingerprint density at radius 3 is 2.42 bits per heavy atom. The maximum absolute atomic E-state index is 12.2. The molecule has 1 aliphatic rings. The number of carbonyl (C=O) groups excluding carboxylic acids is 1. The number of likely N-dealkylation sites (tertiary alicyclic amines) is 1. The number of nitrogen functional groups attached to an aromatic ring is 1. The van der Waals surface area contributed by atoms with Crippen molar-refractivity contribution in [3.8, 4) is 0 Å². The number of aryl methyl sites for hydroxylation is 1. The zero-order valence-electron chi connectivity index (χ0n) is 16.2. The fourth-order valence-electron chi connectivity index (χ4n) is 3.46. The molecular weight excluding hydrogens is 369 g/mol. The number of halogens is 2. The summed E-state index contributed by atoms with van der Waals surface area (Å²) in [4.78, 5) is 14.8. The van der Waals surface area contributed by atoms with E-state index in [4.69, 9.17) is 5.73 Å². The number of nitrogens with one attached hydrogen (secondary N) is 1. The van der Waals surface area contributed by atoms with Gasteiger partial charge in [-0.05, 0) is 55.8 Å². The van der Waals surface area contributed by atoms with Gasteiger partial charge in [-0.1, -0.05) is 39.0 Å². The van der Waals surface area contributed by atoms with Crippen LogP contribution in [0.2, 0.25) is 0 Å². The summed E-state index contributed by atoms with van der Waals surface area (Å²) in [6, 6.07) is 8.21. The highest BCUT2D eigenvalue weighted by Crippen LogP contribution is 2.21. The van der Waals surface area contributed by atoms with Gasteiger partial charge in [0.1, 0.15) is 0 Å². The maximum Gasteiger partial charge on any atom is 0.220 e. The lowest BCUT2D eigenvalue weighted by Gasteiger charge is -2.38. The predicted molar refractivity (Wildman–Crippen MR) is 115 cm³/mol. The first-order valence-corrected chi connectivity index (χ1v) is 9.31. The van der Waals surface area contributed by atoms with Crippen molar-refractivity contribution in [1.29, 1.82) is 0 Å². The molecule has 6 heteroatoms. The summed E-state index contributed by atoms with van der Waals surface area (Å²) in [5.41, 5.74) is 7.76. The van der Waals surface area contributed by atoms with E-state index in [0.29, 0.717) is 24.8 Å². The van der Waals surface area contributed by atoms with Crippen molar-refractivity contribution in [3.63, 3.8) is 0 Å².